The van der Waals surface area contributed by atoms with Crippen LogP contribution in [0.4, 0.5) is 0 Å². The maximum Gasteiger partial charge on any atom is 0.331 e. The standard InChI is InChI=1S/C21H23NO4/c1-3-25-19-12-9-17(10-13-19)11-14-20(23)26-16(2)21(24)22-15-18-7-5-4-6-8-18/h4-14,16H,3,15H2,1-2H3,(H,22,24)/b14-11+/t16-/m1/s1. The predicted molar refractivity (Wildman–Crippen MR) is 100 cm³/mol. The lowest BCUT2D eigenvalue weighted by atomic mass is 10.2. The van der Waals surface area contributed by atoms with Crippen molar-refractivity contribution >= 4 is 18.0 Å². The van der Waals surface area contributed by atoms with Gasteiger partial charge >= 0.3 is 5.97 Å². The average Bonchev–Trinajstić information content (AvgIpc) is 2.66. The minimum Gasteiger partial charge on any atom is -0.494 e. The molecule has 0 aromatic heterocycles. The first-order valence-corrected chi connectivity index (χ1v) is 8.51. The van der Waals surface area contributed by atoms with Gasteiger partial charge in [0.2, 0.25) is 0 Å². The molecule has 0 spiro atoms. The topological polar surface area (TPSA) is 64.6 Å². The van der Waals surface area contributed by atoms with E-state index in [9.17, 15) is 9.59 Å². The van der Waals surface area contributed by atoms with Crippen LogP contribution in [-0.4, -0.2) is 24.6 Å². The molecule has 0 aliphatic heterocycles. The maximum atomic E-state index is 12.0. The summed E-state index contributed by atoms with van der Waals surface area (Å²) in [6, 6.07) is 16.9. The quantitative estimate of drug-likeness (QED) is 0.584. The fourth-order valence-corrected chi connectivity index (χ4v) is 2.20. The molecule has 0 bridgehead atoms. The number of amides is 1. The van der Waals surface area contributed by atoms with Crippen LogP contribution in [0.1, 0.15) is 25.0 Å². The number of nitrogens with one attached hydrogen (secondary N) is 1. The number of carbonyl (C=O) groups excluding carboxylic acids is 2. The Hall–Kier alpha value is -3.08. The number of ether oxygens (including phenoxy) is 2. The first kappa shape index (κ1) is 19.2. The molecule has 1 amide bonds. The summed E-state index contributed by atoms with van der Waals surface area (Å²) in [6.07, 6.45) is 2.07. The van der Waals surface area contributed by atoms with Gasteiger partial charge in [0, 0.05) is 12.6 Å². The molecule has 26 heavy (non-hydrogen) atoms. The molecule has 136 valence electrons. The van der Waals surface area contributed by atoms with Gasteiger partial charge in [-0.05, 0) is 43.2 Å². The lowest BCUT2D eigenvalue weighted by Crippen LogP contribution is -2.35. The van der Waals surface area contributed by atoms with E-state index in [0.29, 0.717) is 13.2 Å². The van der Waals surface area contributed by atoms with Gasteiger partial charge in [0.25, 0.3) is 5.91 Å². The van der Waals surface area contributed by atoms with Gasteiger partial charge in [0.15, 0.2) is 6.10 Å². The van der Waals surface area contributed by atoms with Crippen LogP contribution in [0.15, 0.2) is 60.7 Å². The van der Waals surface area contributed by atoms with Gasteiger partial charge in [0.05, 0.1) is 6.61 Å². The monoisotopic (exact) mass is 353 g/mol. The van der Waals surface area contributed by atoms with Crippen molar-refractivity contribution in [1.29, 1.82) is 0 Å². The fraction of sp³-hybridized carbons (Fsp3) is 0.238. The normalized spacial score (nSPS) is 11.8. The molecule has 0 radical (unpaired) electrons. The lowest BCUT2D eigenvalue weighted by molar-refractivity contribution is -0.150. The molecule has 0 aliphatic rings. The summed E-state index contributed by atoms with van der Waals surface area (Å²) in [5.41, 5.74) is 1.82. The molecule has 0 heterocycles. The van der Waals surface area contributed by atoms with Crippen LogP contribution < -0.4 is 10.1 Å². The van der Waals surface area contributed by atoms with Crippen LogP contribution in [-0.2, 0) is 20.9 Å². The van der Waals surface area contributed by atoms with E-state index in [4.69, 9.17) is 9.47 Å². The molecule has 0 unspecified atom stereocenters. The van der Waals surface area contributed by atoms with Crippen molar-refractivity contribution in [2.45, 2.75) is 26.5 Å². The molecule has 0 saturated heterocycles. The largest absolute Gasteiger partial charge is 0.494 e. The average molecular weight is 353 g/mol. The summed E-state index contributed by atoms with van der Waals surface area (Å²) in [6.45, 7) is 4.46. The number of hydrogen-bond acceptors (Lipinski definition) is 4. The fourth-order valence-electron chi connectivity index (χ4n) is 2.20. The Bertz CT molecular complexity index is 738. The molecular weight excluding hydrogens is 330 g/mol. The summed E-state index contributed by atoms with van der Waals surface area (Å²) < 4.78 is 10.5. The molecule has 1 atom stereocenters. The number of hydrogen-bond donors (Lipinski definition) is 1. The zero-order valence-electron chi connectivity index (χ0n) is 15.0. The Kier molecular flexibility index (Phi) is 7.43. The Morgan fingerprint density at radius 2 is 1.77 bits per heavy atom. The Balaban J connectivity index is 1.79. The first-order valence-electron chi connectivity index (χ1n) is 8.51. The third-order valence-electron chi connectivity index (χ3n) is 3.57. The van der Waals surface area contributed by atoms with Crippen LogP contribution in [0.5, 0.6) is 5.75 Å². The van der Waals surface area contributed by atoms with Crippen molar-refractivity contribution in [3.63, 3.8) is 0 Å². The highest BCUT2D eigenvalue weighted by Gasteiger charge is 2.15. The van der Waals surface area contributed by atoms with Gasteiger partial charge in [0.1, 0.15) is 5.75 Å². The zero-order chi connectivity index (χ0) is 18.8. The highest BCUT2D eigenvalue weighted by atomic mass is 16.5. The van der Waals surface area contributed by atoms with Crippen LogP contribution in [0.25, 0.3) is 6.08 Å². The number of rotatable bonds is 8. The highest BCUT2D eigenvalue weighted by molar-refractivity contribution is 5.90. The number of benzene rings is 2. The van der Waals surface area contributed by atoms with Crippen molar-refractivity contribution in [2.24, 2.45) is 0 Å². The molecule has 1 N–H and O–H groups in total. The van der Waals surface area contributed by atoms with Gasteiger partial charge in [-0.2, -0.15) is 0 Å². The van der Waals surface area contributed by atoms with Crippen LogP contribution in [0.2, 0.25) is 0 Å². The molecule has 2 aromatic carbocycles. The molecule has 0 saturated carbocycles. The zero-order valence-corrected chi connectivity index (χ0v) is 15.0. The maximum absolute atomic E-state index is 12.0. The van der Waals surface area contributed by atoms with Crippen molar-refractivity contribution < 1.29 is 19.1 Å². The number of esters is 1. The summed E-state index contributed by atoms with van der Waals surface area (Å²) in [7, 11) is 0. The Labute approximate surface area is 153 Å². The van der Waals surface area contributed by atoms with E-state index in [0.717, 1.165) is 16.9 Å². The summed E-state index contributed by atoms with van der Waals surface area (Å²) >= 11 is 0. The van der Waals surface area contributed by atoms with Gasteiger partial charge in [-0.15, -0.1) is 0 Å². The molecular formula is C21H23NO4. The van der Waals surface area contributed by atoms with E-state index in [-0.39, 0.29) is 5.91 Å². The lowest BCUT2D eigenvalue weighted by Gasteiger charge is -2.12. The Morgan fingerprint density at radius 3 is 2.42 bits per heavy atom. The molecule has 5 nitrogen and oxygen atoms in total. The highest BCUT2D eigenvalue weighted by Crippen LogP contribution is 2.13. The summed E-state index contributed by atoms with van der Waals surface area (Å²) in [5, 5.41) is 2.74. The van der Waals surface area contributed by atoms with Crippen LogP contribution in [0, 0.1) is 0 Å². The van der Waals surface area contributed by atoms with E-state index in [1.54, 1.807) is 13.0 Å². The molecule has 5 heteroatoms. The van der Waals surface area contributed by atoms with E-state index in [1.807, 2.05) is 61.5 Å². The van der Waals surface area contributed by atoms with Crippen LogP contribution >= 0.6 is 0 Å². The van der Waals surface area contributed by atoms with Gasteiger partial charge in [-0.25, -0.2) is 4.79 Å². The predicted octanol–water partition coefficient (Wildman–Crippen LogP) is 3.35. The van der Waals surface area contributed by atoms with Crippen molar-refractivity contribution in [3.05, 3.63) is 71.8 Å². The van der Waals surface area contributed by atoms with E-state index in [1.165, 1.54) is 6.08 Å². The molecule has 2 rings (SSSR count). The van der Waals surface area contributed by atoms with Gasteiger partial charge in [-0.1, -0.05) is 42.5 Å². The SMILES string of the molecule is CCOc1ccc(/C=C/C(=O)O[C@H](C)C(=O)NCc2ccccc2)cc1. The van der Waals surface area contributed by atoms with Gasteiger partial charge < -0.3 is 14.8 Å². The molecule has 0 fully saturated rings. The van der Waals surface area contributed by atoms with Crippen molar-refractivity contribution in [3.8, 4) is 5.75 Å². The molecule has 0 aliphatic carbocycles. The van der Waals surface area contributed by atoms with Crippen molar-refractivity contribution in [2.75, 3.05) is 6.61 Å². The second-order valence-electron chi connectivity index (χ2n) is 5.62. The summed E-state index contributed by atoms with van der Waals surface area (Å²) in [4.78, 5) is 23.9. The van der Waals surface area contributed by atoms with Crippen molar-refractivity contribution in [1.82, 2.24) is 5.32 Å². The summed E-state index contributed by atoms with van der Waals surface area (Å²) in [5.74, 6) is -0.131. The Morgan fingerprint density at radius 1 is 1.08 bits per heavy atom. The minimum atomic E-state index is -0.865. The second kappa shape index (κ2) is 10.0. The number of carbonyl (C=O) groups is 2. The van der Waals surface area contributed by atoms with Gasteiger partial charge in [-0.3, -0.25) is 4.79 Å². The first-order chi connectivity index (χ1) is 12.6. The van der Waals surface area contributed by atoms with E-state index in [2.05, 4.69) is 5.32 Å². The van der Waals surface area contributed by atoms with E-state index >= 15 is 0 Å². The second-order valence-corrected chi connectivity index (χ2v) is 5.62. The van der Waals surface area contributed by atoms with Crippen LogP contribution in [0.3, 0.4) is 0 Å². The molecule has 2 aromatic rings. The third kappa shape index (κ3) is 6.43. The minimum absolute atomic E-state index is 0.336. The smallest absolute Gasteiger partial charge is 0.331 e. The third-order valence-corrected chi connectivity index (χ3v) is 3.57. The van der Waals surface area contributed by atoms with E-state index < -0.39 is 12.1 Å².